The number of thiophene rings is 1. The van der Waals surface area contributed by atoms with Gasteiger partial charge in [-0.2, -0.15) is 0 Å². The van der Waals surface area contributed by atoms with Crippen molar-refractivity contribution in [1.29, 1.82) is 0 Å². The molecule has 0 spiro atoms. The van der Waals surface area contributed by atoms with Crippen molar-refractivity contribution in [1.82, 2.24) is 9.55 Å². The van der Waals surface area contributed by atoms with Gasteiger partial charge in [0.05, 0.1) is 11.0 Å². The van der Waals surface area contributed by atoms with Crippen LogP contribution in [0.15, 0.2) is 47.8 Å². The number of fused-ring (bicyclic) bond motifs is 2. The highest BCUT2D eigenvalue weighted by Gasteiger charge is 2.10. The second-order valence-corrected chi connectivity index (χ2v) is 5.97. The Hall–Kier alpha value is -2.04. The van der Waals surface area contributed by atoms with Crippen molar-refractivity contribution in [2.75, 3.05) is 5.73 Å². The highest BCUT2D eigenvalue weighted by molar-refractivity contribution is 7.17. The Morgan fingerprint density at radius 2 is 2.00 bits per heavy atom. The minimum Gasteiger partial charge on any atom is -0.369 e. The van der Waals surface area contributed by atoms with Crippen LogP contribution in [-0.2, 0) is 0 Å². The molecule has 3 nitrogen and oxygen atoms in total. The second-order valence-electron chi connectivity index (χ2n) is 4.58. The number of nitrogens with two attached hydrogens (primary N) is 1. The average Bonchev–Trinajstić information content (AvgIpc) is 3.00. The van der Waals surface area contributed by atoms with Crippen molar-refractivity contribution in [2.24, 2.45) is 0 Å². The number of nitrogens with zero attached hydrogens (tertiary/aromatic N) is 2. The summed E-state index contributed by atoms with van der Waals surface area (Å²) in [6, 6.07) is 14.0. The van der Waals surface area contributed by atoms with Crippen LogP contribution in [0.5, 0.6) is 0 Å². The molecular weight excluding hydrogens is 290 g/mol. The van der Waals surface area contributed by atoms with E-state index in [9.17, 15) is 0 Å². The summed E-state index contributed by atoms with van der Waals surface area (Å²) in [6.45, 7) is 0. The van der Waals surface area contributed by atoms with Crippen molar-refractivity contribution in [2.45, 2.75) is 0 Å². The van der Waals surface area contributed by atoms with Gasteiger partial charge >= 0.3 is 0 Å². The van der Waals surface area contributed by atoms with Gasteiger partial charge in [0.15, 0.2) is 0 Å². The van der Waals surface area contributed by atoms with Gasteiger partial charge in [0, 0.05) is 15.4 Å². The van der Waals surface area contributed by atoms with Gasteiger partial charge in [0.25, 0.3) is 0 Å². The van der Waals surface area contributed by atoms with Crippen molar-refractivity contribution < 1.29 is 0 Å². The van der Waals surface area contributed by atoms with E-state index in [1.165, 1.54) is 10.1 Å². The molecule has 4 aromatic rings. The van der Waals surface area contributed by atoms with Gasteiger partial charge < -0.3 is 5.73 Å². The Labute approximate surface area is 124 Å². The van der Waals surface area contributed by atoms with E-state index in [1.54, 1.807) is 11.3 Å². The fraction of sp³-hybridized carbons (Fsp3) is 0. The molecule has 0 saturated carbocycles. The highest BCUT2D eigenvalue weighted by atomic mass is 35.5. The van der Waals surface area contributed by atoms with Gasteiger partial charge in [-0.25, -0.2) is 4.98 Å². The van der Waals surface area contributed by atoms with E-state index in [4.69, 9.17) is 17.3 Å². The molecule has 20 heavy (non-hydrogen) atoms. The van der Waals surface area contributed by atoms with Gasteiger partial charge in [-0.15, -0.1) is 11.3 Å². The lowest BCUT2D eigenvalue weighted by atomic mass is 10.2. The number of imidazole rings is 1. The zero-order valence-electron chi connectivity index (χ0n) is 10.4. The lowest BCUT2D eigenvalue weighted by Crippen LogP contribution is -2.00. The highest BCUT2D eigenvalue weighted by Crippen LogP contribution is 2.28. The van der Waals surface area contributed by atoms with Gasteiger partial charge in [-0.05, 0) is 53.2 Å². The normalized spacial score (nSPS) is 11.4. The van der Waals surface area contributed by atoms with Crippen LogP contribution in [0.2, 0.25) is 5.02 Å². The first kappa shape index (κ1) is 11.8. The molecule has 0 atom stereocenters. The molecule has 2 aromatic carbocycles. The first-order valence-corrected chi connectivity index (χ1v) is 7.39. The van der Waals surface area contributed by atoms with Gasteiger partial charge in [-0.3, -0.25) is 4.57 Å². The summed E-state index contributed by atoms with van der Waals surface area (Å²) in [7, 11) is 0. The third-order valence-electron chi connectivity index (χ3n) is 3.34. The van der Waals surface area contributed by atoms with E-state index in [2.05, 4.69) is 34.6 Å². The Morgan fingerprint density at radius 3 is 2.90 bits per heavy atom. The van der Waals surface area contributed by atoms with Crippen molar-refractivity contribution in [3.63, 3.8) is 0 Å². The number of halogens is 1. The predicted molar refractivity (Wildman–Crippen MR) is 85.9 cm³/mol. The van der Waals surface area contributed by atoms with E-state index in [1.807, 2.05) is 22.8 Å². The molecular formula is C15H10ClN3S. The third-order valence-corrected chi connectivity index (χ3v) is 4.47. The van der Waals surface area contributed by atoms with Crippen LogP contribution in [0.4, 0.5) is 5.95 Å². The van der Waals surface area contributed by atoms with E-state index in [0.29, 0.717) is 11.0 Å². The molecule has 98 valence electrons. The SMILES string of the molecule is Nc1nc2cc(Cl)ccc2n1-c1ccc2sccc2c1. The number of hydrogen-bond donors (Lipinski definition) is 1. The van der Waals surface area contributed by atoms with Crippen LogP contribution in [0.25, 0.3) is 26.8 Å². The number of aromatic nitrogens is 2. The Kier molecular flexibility index (Phi) is 2.49. The molecule has 0 amide bonds. The quantitative estimate of drug-likeness (QED) is 0.563. The first-order valence-electron chi connectivity index (χ1n) is 6.13. The molecule has 0 aliphatic carbocycles. The van der Waals surface area contributed by atoms with Gasteiger partial charge in [0.1, 0.15) is 0 Å². The van der Waals surface area contributed by atoms with Crippen LogP contribution in [0, 0.1) is 0 Å². The van der Waals surface area contributed by atoms with Crippen molar-refractivity contribution in [3.8, 4) is 5.69 Å². The third kappa shape index (κ3) is 1.69. The van der Waals surface area contributed by atoms with Gasteiger partial charge in [-0.1, -0.05) is 11.6 Å². The summed E-state index contributed by atoms with van der Waals surface area (Å²) in [5.41, 5.74) is 8.84. The minimum absolute atomic E-state index is 0.469. The zero-order valence-corrected chi connectivity index (χ0v) is 11.9. The number of benzene rings is 2. The molecule has 4 rings (SSSR count). The molecule has 0 aliphatic heterocycles. The molecule has 2 heterocycles. The topological polar surface area (TPSA) is 43.8 Å². The fourth-order valence-electron chi connectivity index (χ4n) is 2.44. The number of hydrogen-bond acceptors (Lipinski definition) is 3. The van der Waals surface area contributed by atoms with E-state index >= 15 is 0 Å². The summed E-state index contributed by atoms with van der Waals surface area (Å²) >= 11 is 7.73. The van der Waals surface area contributed by atoms with Crippen molar-refractivity contribution >= 4 is 50.0 Å². The molecule has 2 N–H and O–H groups in total. The first-order chi connectivity index (χ1) is 9.72. The molecule has 0 bridgehead atoms. The minimum atomic E-state index is 0.469. The summed E-state index contributed by atoms with van der Waals surface area (Å²) in [4.78, 5) is 4.38. The zero-order chi connectivity index (χ0) is 13.7. The van der Waals surface area contributed by atoms with Crippen LogP contribution in [0.1, 0.15) is 0 Å². The molecule has 0 aliphatic rings. The van der Waals surface area contributed by atoms with E-state index in [-0.39, 0.29) is 0 Å². The average molecular weight is 300 g/mol. The Bertz CT molecular complexity index is 939. The smallest absolute Gasteiger partial charge is 0.205 e. The molecule has 0 unspecified atom stereocenters. The maximum absolute atomic E-state index is 6.07. The lowest BCUT2D eigenvalue weighted by molar-refractivity contribution is 1.11. The van der Waals surface area contributed by atoms with E-state index in [0.717, 1.165) is 16.7 Å². The molecule has 0 fully saturated rings. The summed E-state index contributed by atoms with van der Waals surface area (Å²) < 4.78 is 3.21. The summed E-state index contributed by atoms with van der Waals surface area (Å²) in [6.07, 6.45) is 0. The van der Waals surface area contributed by atoms with Crippen LogP contribution in [0.3, 0.4) is 0 Å². The van der Waals surface area contributed by atoms with Gasteiger partial charge in [0.2, 0.25) is 5.95 Å². The molecule has 0 radical (unpaired) electrons. The Balaban J connectivity index is 2.03. The van der Waals surface area contributed by atoms with Crippen LogP contribution < -0.4 is 5.73 Å². The Morgan fingerprint density at radius 1 is 1.10 bits per heavy atom. The summed E-state index contributed by atoms with van der Waals surface area (Å²) in [5.74, 6) is 0.469. The summed E-state index contributed by atoms with van der Waals surface area (Å²) in [5, 5.41) is 3.96. The lowest BCUT2D eigenvalue weighted by Gasteiger charge is -2.06. The number of anilines is 1. The number of rotatable bonds is 1. The van der Waals surface area contributed by atoms with E-state index < -0.39 is 0 Å². The molecule has 5 heteroatoms. The molecule has 0 saturated heterocycles. The standard InChI is InChI=1S/C15H10ClN3S/c16-10-1-3-13-12(8-10)18-15(17)19(13)11-2-4-14-9(7-11)5-6-20-14/h1-8H,(H2,17,18). The maximum Gasteiger partial charge on any atom is 0.205 e. The largest absolute Gasteiger partial charge is 0.369 e. The second kappa shape index (κ2) is 4.23. The monoisotopic (exact) mass is 299 g/mol. The predicted octanol–water partition coefficient (Wildman–Crippen LogP) is 4.48. The van der Waals surface area contributed by atoms with Crippen LogP contribution in [-0.4, -0.2) is 9.55 Å². The van der Waals surface area contributed by atoms with Crippen molar-refractivity contribution in [3.05, 3.63) is 52.9 Å². The van der Waals surface area contributed by atoms with Crippen LogP contribution >= 0.6 is 22.9 Å². The maximum atomic E-state index is 6.07. The molecule has 2 aromatic heterocycles. The number of nitrogen functional groups attached to an aromatic ring is 1. The fourth-order valence-corrected chi connectivity index (χ4v) is 3.37.